The first-order chi connectivity index (χ1) is 20.0. The van der Waals surface area contributed by atoms with E-state index >= 15 is 0 Å². The third-order valence-corrected chi connectivity index (χ3v) is 11.0. The fourth-order valence-electron chi connectivity index (χ4n) is 7.83. The molecule has 11 nitrogen and oxygen atoms in total. The van der Waals surface area contributed by atoms with E-state index in [9.17, 15) is 37.1 Å². The van der Waals surface area contributed by atoms with Gasteiger partial charge in [-0.25, -0.2) is 0 Å². The lowest BCUT2D eigenvalue weighted by Crippen LogP contribution is -2.61. The van der Waals surface area contributed by atoms with Crippen molar-refractivity contribution < 1.29 is 41.9 Å². The van der Waals surface area contributed by atoms with Crippen molar-refractivity contribution in [2.45, 2.75) is 114 Å². The lowest BCUT2D eigenvalue weighted by Gasteiger charge is -2.36. The number of carbonyl (C=O) groups is 5. The molecule has 1 spiro atoms. The minimum absolute atomic E-state index is 0.00516. The van der Waals surface area contributed by atoms with Gasteiger partial charge in [-0.1, -0.05) is 13.8 Å². The van der Waals surface area contributed by atoms with E-state index in [0.717, 1.165) is 38.5 Å². The first kappa shape index (κ1) is 30.1. The van der Waals surface area contributed by atoms with Gasteiger partial charge in [-0.2, -0.15) is 13.2 Å². The zero-order valence-electron chi connectivity index (χ0n) is 24.6. The maximum atomic E-state index is 14.0. The number of ether oxygens (including phenoxy) is 1. The fourth-order valence-corrected chi connectivity index (χ4v) is 7.83. The van der Waals surface area contributed by atoms with Gasteiger partial charge in [0.25, 0.3) is 0 Å². The van der Waals surface area contributed by atoms with Crippen LogP contribution in [0, 0.1) is 29.1 Å². The maximum absolute atomic E-state index is 14.0. The summed E-state index contributed by atoms with van der Waals surface area (Å²) in [6.45, 7) is 5.45. The summed E-state index contributed by atoms with van der Waals surface area (Å²) in [5.74, 6) is -5.44. The Morgan fingerprint density at radius 1 is 1.12 bits per heavy atom. The monoisotopic (exact) mass is 611 g/mol. The first-order valence-corrected chi connectivity index (χ1v) is 15.3. The number of nitrogens with zero attached hydrogens (tertiary/aromatic N) is 1. The van der Waals surface area contributed by atoms with E-state index in [1.165, 1.54) is 11.8 Å². The number of carbonyl (C=O) groups excluding carboxylic acids is 5. The van der Waals surface area contributed by atoms with Gasteiger partial charge in [-0.15, -0.1) is 0 Å². The SMILES string of the molecule is C[C@@H](OC1(C2CC2)CC1)[C@H](NC(=O)C(F)(F)F)C(=O)N1C[C@H]2[C@@H]([C@H]1C(=O)N[C@@H](C[C@@H]1CC3(CC3)NC1=O)C(N)=O)C2(C)C. The average Bonchev–Trinajstić information content (AvgIpc) is 3.78. The molecule has 2 saturated heterocycles. The second kappa shape index (κ2) is 9.80. The molecule has 2 aliphatic heterocycles. The van der Waals surface area contributed by atoms with Gasteiger partial charge in [-0.3, -0.25) is 24.0 Å². The number of rotatable bonds is 11. The van der Waals surface area contributed by atoms with Gasteiger partial charge < -0.3 is 31.3 Å². The molecular weight excluding hydrogens is 571 g/mol. The highest BCUT2D eigenvalue weighted by molar-refractivity contribution is 5.96. The van der Waals surface area contributed by atoms with Crippen molar-refractivity contribution in [3.8, 4) is 0 Å². The molecule has 2 heterocycles. The van der Waals surface area contributed by atoms with Crippen molar-refractivity contribution in [2.75, 3.05) is 6.54 Å². The minimum Gasteiger partial charge on any atom is -0.369 e. The highest BCUT2D eigenvalue weighted by Gasteiger charge is 2.70. The molecule has 4 saturated carbocycles. The summed E-state index contributed by atoms with van der Waals surface area (Å²) in [6, 6.07) is -3.95. The summed E-state index contributed by atoms with van der Waals surface area (Å²) >= 11 is 0. The predicted molar refractivity (Wildman–Crippen MR) is 143 cm³/mol. The van der Waals surface area contributed by atoms with Gasteiger partial charge in [0.1, 0.15) is 18.1 Å². The molecule has 0 unspecified atom stereocenters. The van der Waals surface area contributed by atoms with Crippen LogP contribution in [0.3, 0.4) is 0 Å². The van der Waals surface area contributed by atoms with E-state index in [0.29, 0.717) is 6.42 Å². The Hall–Kier alpha value is -2.90. The second-order valence-corrected chi connectivity index (χ2v) is 14.4. The summed E-state index contributed by atoms with van der Waals surface area (Å²) in [5, 5.41) is 7.45. The van der Waals surface area contributed by atoms with Gasteiger partial charge in [0.2, 0.25) is 23.6 Å². The molecule has 0 bridgehead atoms. The number of halogens is 3. The normalized spacial score (nSPS) is 32.7. The molecule has 0 aromatic carbocycles. The molecule has 5 amide bonds. The molecule has 14 heteroatoms. The number of hydrogen-bond acceptors (Lipinski definition) is 6. The molecule has 0 aromatic heterocycles. The van der Waals surface area contributed by atoms with Crippen LogP contribution >= 0.6 is 0 Å². The van der Waals surface area contributed by atoms with Crippen LogP contribution in [0.4, 0.5) is 13.2 Å². The van der Waals surface area contributed by atoms with Crippen LogP contribution in [0.1, 0.15) is 72.1 Å². The Bertz CT molecular complexity index is 1240. The van der Waals surface area contributed by atoms with Crippen molar-refractivity contribution in [1.29, 1.82) is 0 Å². The number of hydrogen-bond donors (Lipinski definition) is 4. The molecule has 238 valence electrons. The summed E-state index contributed by atoms with van der Waals surface area (Å²) in [5.41, 5.74) is 4.56. The standard InChI is InChI=1S/C29H40F3N5O6/c1-13(43-28(8-9-28)15-4-5-15)19(35-25(42)29(30,31)32)24(41)37-12-16-18(26(16,2)3)20(37)23(40)34-17(21(33)38)10-14-11-27(6-7-27)36-22(14)39/h13-20H,4-12H2,1-3H3,(H2,33,38)(H,34,40)(H,35,42)(H,36,39)/t13-,14-,16+,17+,18+,19+,20+/m1/s1. The Morgan fingerprint density at radius 2 is 1.77 bits per heavy atom. The minimum atomic E-state index is -5.22. The van der Waals surface area contributed by atoms with Crippen LogP contribution in [0.25, 0.3) is 0 Å². The summed E-state index contributed by atoms with van der Waals surface area (Å²) in [6.07, 6.45) is -0.692. The molecule has 6 fully saturated rings. The Kier molecular flexibility index (Phi) is 6.87. The highest BCUT2D eigenvalue weighted by Crippen LogP contribution is 2.65. The van der Waals surface area contributed by atoms with Gasteiger partial charge >= 0.3 is 12.1 Å². The smallest absolute Gasteiger partial charge is 0.369 e. The molecule has 6 rings (SSSR count). The number of fused-ring (bicyclic) bond motifs is 1. The third kappa shape index (κ3) is 5.48. The summed E-state index contributed by atoms with van der Waals surface area (Å²) in [4.78, 5) is 66.0. The number of piperidine rings is 1. The molecule has 0 aromatic rings. The predicted octanol–water partition coefficient (Wildman–Crippen LogP) is 0.893. The van der Waals surface area contributed by atoms with Crippen molar-refractivity contribution in [3.63, 3.8) is 0 Å². The van der Waals surface area contributed by atoms with Crippen LogP contribution < -0.4 is 21.7 Å². The summed E-state index contributed by atoms with van der Waals surface area (Å²) < 4.78 is 46.2. The number of primary amides is 1. The van der Waals surface area contributed by atoms with Crippen LogP contribution in [0.5, 0.6) is 0 Å². The zero-order valence-corrected chi connectivity index (χ0v) is 24.6. The molecule has 43 heavy (non-hydrogen) atoms. The van der Waals surface area contributed by atoms with E-state index < -0.39 is 65.6 Å². The third-order valence-electron chi connectivity index (χ3n) is 11.0. The zero-order chi connectivity index (χ0) is 31.3. The number of amides is 5. The lowest BCUT2D eigenvalue weighted by molar-refractivity contribution is -0.177. The van der Waals surface area contributed by atoms with Crippen LogP contribution in [0.2, 0.25) is 0 Å². The molecule has 6 aliphatic rings. The van der Waals surface area contributed by atoms with Gasteiger partial charge in [0.05, 0.1) is 11.7 Å². The largest absolute Gasteiger partial charge is 0.471 e. The van der Waals surface area contributed by atoms with Gasteiger partial charge in [0.15, 0.2) is 0 Å². The molecule has 7 atom stereocenters. The van der Waals surface area contributed by atoms with Crippen molar-refractivity contribution >= 4 is 29.5 Å². The highest BCUT2D eigenvalue weighted by atomic mass is 19.4. The molecule has 0 radical (unpaired) electrons. The fraction of sp³-hybridized carbons (Fsp3) is 0.828. The second-order valence-electron chi connectivity index (χ2n) is 14.4. The van der Waals surface area contributed by atoms with Gasteiger partial charge in [-0.05, 0) is 81.5 Å². The summed E-state index contributed by atoms with van der Waals surface area (Å²) in [7, 11) is 0. The average molecular weight is 612 g/mol. The van der Waals surface area contributed by atoms with Crippen molar-refractivity contribution in [1.82, 2.24) is 20.9 Å². The maximum Gasteiger partial charge on any atom is 0.471 e. The van der Waals surface area contributed by atoms with Crippen LogP contribution in [0.15, 0.2) is 0 Å². The van der Waals surface area contributed by atoms with Crippen LogP contribution in [-0.2, 0) is 28.7 Å². The van der Waals surface area contributed by atoms with Gasteiger partial charge in [0, 0.05) is 18.0 Å². The van der Waals surface area contributed by atoms with E-state index in [1.54, 1.807) is 0 Å². The van der Waals surface area contributed by atoms with Crippen molar-refractivity contribution in [2.24, 2.45) is 34.8 Å². The Balaban J connectivity index is 1.20. The quantitative estimate of drug-likeness (QED) is 0.272. The number of alkyl halides is 3. The number of nitrogens with two attached hydrogens (primary N) is 1. The Morgan fingerprint density at radius 3 is 2.28 bits per heavy atom. The number of likely N-dealkylation sites (tertiary alicyclic amines) is 1. The van der Waals surface area contributed by atoms with Crippen LogP contribution in [-0.4, -0.2) is 82.5 Å². The number of nitrogens with one attached hydrogen (secondary N) is 3. The molecular formula is C29H40F3N5O6. The molecule has 4 aliphatic carbocycles. The topological polar surface area (TPSA) is 160 Å². The Labute approximate surface area is 247 Å². The lowest BCUT2D eigenvalue weighted by atomic mass is 9.94. The van der Waals surface area contributed by atoms with E-state index in [-0.39, 0.29) is 47.6 Å². The van der Waals surface area contributed by atoms with E-state index in [1.807, 2.05) is 19.2 Å². The van der Waals surface area contributed by atoms with E-state index in [2.05, 4.69) is 10.6 Å². The van der Waals surface area contributed by atoms with E-state index in [4.69, 9.17) is 10.5 Å². The first-order valence-electron chi connectivity index (χ1n) is 15.3. The van der Waals surface area contributed by atoms with Crippen molar-refractivity contribution in [3.05, 3.63) is 0 Å². The molecule has 5 N–H and O–H groups in total.